The molecule has 0 aliphatic heterocycles. The van der Waals surface area contributed by atoms with E-state index in [9.17, 15) is 0 Å². The topological polar surface area (TPSA) is 12.0 Å². The summed E-state index contributed by atoms with van der Waals surface area (Å²) < 4.78 is 0. The molecule has 0 heterocycles. The molecule has 0 aromatic heterocycles. The van der Waals surface area contributed by atoms with Gasteiger partial charge in [-0.15, -0.1) is 0 Å². The third-order valence-corrected chi connectivity index (χ3v) is 3.38. The van der Waals surface area contributed by atoms with E-state index in [-0.39, 0.29) is 0 Å². The first-order chi connectivity index (χ1) is 8.20. The van der Waals surface area contributed by atoms with Gasteiger partial charge in [0.25, 0.3) is 0 Å². The summed E-state index contributed by atoms with van der Waals surface area (Å²) in [5, 5.41) is 3.72. The lowest BCUT2D eigenvalue weighted by Crippen LogP contribution is -2.34. The first kappa shape index (κ1) is 17.0. The second kappa shape index (κ2) is 12.4. The summed E-state index contributed by atoms with van der Waals surface area (Å²) in [5.41, 5.74) is 0. The quantitative estimate of drug-likeness (QED) is 0.458. The average Bonchev–Trinajstić information content (AvgIpc) is 2.29. The van der Waals surface area contributed by atoms with Crippen LogP contribution in [-0.4, -0.2) is 12.1 Å². The average molecular weight is 241 g/mol. The van der Waals surface area contributed by atoms with Crippen molar-refractivity contribution in [1.29, 1.82) is 0 Å². The molecule has 0 amide bonds. The molecule has 0 radical (unpaired) electrons. The summed E-state index contributed by atoms with van der Waals surface area (Å²) in [4.78, 5) is 0. The monoisotopic (exact) mass is 241 g/mol. The van der Waals surface area contributed by atoms with Crippen molar-refractivity contribution in [2.45, 2.75) is 104 Å². The molecule has 0 fully saturated rings. The van der Waals surface area contributed by atoms with Crippen LogP contribution in [0.4, 0.5) is 0 Å². The van der Waals surface area contributed by atoms with E-state index in [2.05, 4.69) is 33.0 Å². The SMILES string of the molecule is CCCCCCCCC(CCCC)NC(C)C. The first-order valence-electron chi connectivity index (χ1n) is 7.96. The predicted octanol–water partition coefficient (Wildman–Crippen LogP) is 5.29. The molecule has 1 heteroatoms. The summed E-state index contributed by atoms with van der Waals surface area (Å²) >= 11 is 0. The summed E-state index contributed by atoms with van der Waals surface area (Å²) in [6.07, 6.45) is 13.9. The van der Waals surface area contributed by atoms with Crippen LogP contribution in [0, 0.1) is 0 Å². The lowest BCUT2D eigenvalue weighted by atomic mass is 10.0. The molecular formula is C16H35N. The number of hydrogen-bond acceptors (Lipinski definition) is 1. The van der Waals surface area contributed by atoms with Crippen molar-refractivity contribution >= 4 is 0 Å². The van der Waals surface area contributed by atoms with Gasteiger partial charge >= 0.3 is 0 Å². The van der Waals surface area contributed by atoms with E-state index in [4.69, 9.17) is 0 Å². The van der Waals surface area contributed by atoms with Crippen LogP contribution >= 0.6 is 0 Å². The van der Waals surface area contributed by atoms with Crippen molar-refractivity contribution in [1.82, 2.24) is 5.32 Å². The van der Waals surface area contributed by atoms with Gasteiger partial charge in [-0.2, -0.15) is 0 Å². The molecule has 0 bridgehead atoms. The fraction of sp³-hybridized carbons (Fsp3) is 1.00. The van der Waals surface area contributed by atoms with Crippen LogP contribution in [0.1, 0.15) is 91.9 Å². The van der Waals surface area contributed by atoms with E-state index in [0.29, 0.717) is 6.04 Å². The Bertz CT molecular complexity index is 142. The van der Waals surface area contributed by atoms with Gasteiger partial charge in [-0.3, -0.25) is 0 Å². The summed E-state index contributed by atoms with van der Waals surface area (Å²) in [7, 11) is 0. The smallest absolute Gasteiger partial charge is 0.00694 e. The molecule has 0 aliphatic carbocycles. The lowest BCUT2D eigenvalue weighted by molar-refractivity contribution is 0.391. The van der Waals surface area contributed by atoms with Gasteiger partial charge in [0.15, 0.2) is 0 Å². The van der Waals surface area contributed by atoms with Gasteiger partial charge in [0.2, 0.25) is 0 Å². The molecule has 1 atom stereocenters. The lowest BCUT2D eigenvalue weighted by Gasteiger charge is -2.21. The molecule has 0 aliphatic rings. The van der Waals surface area contributed by atoms with Crippen LogP contribution in [0.5, 0.6) is 0 Å². The van der Waals surface area contributed by atoms with Crippen LogP contribution in [-0.2, 0) is 0 Å². The number of unbranched alkanes of at least 4 members (excludes halogenated alkanes) is 6. The standard InChI is InChI=1S/C16H35N/c1-5-7-9-10-11-12-14-16(13-8-6-2)17-15(3)4/h15-17H,5-14H2,1-4H3. The highest BCUT2D eigenvalue weighted by atomic mass is 14.9. The second-order valence-electron chi connectivity index (χ2n) is 5.72. The third-order valence-electron chi connectivity index (χ3n) is 3.38. The maximum atomic E-state index is 3.72. The molecule has 0 saturated heterocycles. The number of rotatable bonds is 12. The zero-order valence-corrected chi connectivity index (χ0v) is 12.7. The van der Waals surface area contributed by atoms with E-state index in [1.54, 1.807) is 0 Å². The highest BCUT2D eigenvalue weighted by Crippen LogP contribution is 2.12. The number of nitrogens with one attached hydrogen (secondary N) is 1. The highest BCUT2D eigenvalue weighted by Gasteiger charge is 2.08. The van der Waals surface area contributed by atoms with Crippen LogP contribution in [0.15, 0.2) is 0 Å². The minimum Gasteiger partial charge on any atom is -0.312 e. The van der Waals surface area contributed by atoms with Gasteiger partial charge in [-0.05, 0) is 12.8 Å². The maximum Gasteiger partial charge on any atom is 0.00694 e. The Balaban J connectivity index is 3.53. The van der Waals surface area contributed by atoms with Gasteiger partial charge in [0.05, 0.1) is 0 Å². The summed E-state index contributed by atoms with van der Waals surface area (Å²) in [6.45, 7) is 9.10. The molecule has 1 unspecified atom stereocenters. The fourth-order valence-electron chi connectivity index (χ4n) is 2.40. The van der Waals surface area contributed by atoms with E-state index < -0.39 is 0 Å². The molecule has 1 nitrogen and oxygen atoms in total. The molecule has 104 valence electrons. The van der Waals surface area contributed by atoms with Crippen LogP contribution < -0.4 is 5.32 Å². The maximum absolute atomic E-state index is 3.72. The Morgan fingerprint density at radius 3 is 1.82 bits per heavy atom. The molecule has 1 N–H and O–H groups in total. The summed E-state index contributed by atoms with van der Waals surface area (Å²) in [6, 6.07) is 1.40. The highest BCUT2D eigenvalue weighted by molar-refractivity contribution is 4.69. The Morgan fingerprint density at radius 2 is 1.24 bits per heavy atom. The van der Waals surface area contributed by atoms with Crippen molar-refractivity contribution in [3.8, 4) is 0 Å². The molecule has 0 aromatic carbocycles. The van der Waals surface area contributed by atoms with Crippen molar-refractivity contribution < 1.29 is 0 Å². The zero-order valence-electron chi connectivity index (χ0n) is 12.7. The van der Waals surface area contributed by atoms with Crippen molar-refractivity contribution in [2.75, 3.05) is 0 Å². The predicted molar refractivity (Wildman–Crippen MR) is 79.6 cm³/mol. The molecule has 0 aromatic rings. The van der Waals surface area contributed by atoms with Gasteiger partial charge in [0.1, 0.15) is 0 Å². The van der Waals surface area contributed by atoms with Gasteiger partial charge in [0, 0.05) is 12.1 Å². The molecule has 0 saturated carbocycles. The van der Waals surface area contributed by atoms with E-state index in [1.165, 1.54) is 64.2 Å². The second-order valence-corrected chi connectivity index (χ2v) is 5.72. The van der Waals surface area contributed by atoms with Crippen LogP contribution in [0.2, 0.25) is 0 Å². The largest absolute Gasteiger partial charge is 0.312 e. The van der Waals surface area contributed by atoms with Crippen molar-refractivity contribution in [2.24, 2.45) is 0 Å². The van der Waals surface area contributed by atoms with E-state index >= 15 is 0 Å². The van der Waals surface area contributed by atoms with Gasteiger partial charge in [-0.1, -0.05) is 79.1 Å². The summed E-state index contributed by atoms with van der Waals surface area (Å²) in [5.74, 6) is 0. The number of hydrogen-bond donors (Lipinski definition) is 1. The van der Waals surface area contributed by atoms with Crippen molar-refractivity contribution in [3.05, 3.63) is 0 Å². The Hall–Kier alpha value is -0.0400. The minimum absolute atomic E-state index is 0.636. The molecule has 0 rings (SSSR count). The fourth-order valence-corrected chi connectivity index (χ4v) is 2.40. The third kappa shape index (κ3) is 12.2. The minimum atomic E-state index is 0.636. The normalized spacial score (nSPS) is 13.2. The first-order valence-corrected chi connectivity index (χ1v) is 7.96. The van der Waals surface area contributed by atoms with Gasteiger partial charge < -0.3 is 5.32 Å². The molecule has 17 heavy (non-hydrogen) atoms. The van der Waals surface area contributed by atoms with Crippen molar-refractivity contribution in [3.63, 3.8) is 0 Å². The Morgan fingerprint density at radius 1 is 0.706 bits per heavy atom. The Kier molecular flexibility index (Phi) is 12.4. The molecule has 0 spiro atoms. The van der Waals surface area contributed by atoms with Crippen LogP contribution in [0.25, 0.3) is 0 Å². The zero-order chi connectivity index (χ0) is 12.9. The molecular weight excluding hydrogens is 206 g/mol. The van der Waals surface area contributed by atoms with Gasteiger partial charge in [-0.25, -0.2) is 0 Å². The Labute approximate surface area is 110 Å². The van der Waals surface area contributed by atoms with E-state index in [1.807, 2.05) is 0 Å². The van der Waals surface area contributed by atoms with E-state index in [0.717, 1.165) is 6.04 Å². The van der Waals surface area contributed by atoms with Crippen LogP contribution in [0.3, 0.4) is 0 Å².